The Kier molecular flexibility index (Phi) is 1.91. The summed E-state index contributed by atoms with van der Waals surface area (Å²) in [5.74, 6) is 1.71. The Morgan fingerprint density at radius 1 is 1.55 bits per heavy atom. The number of hydrogen-bond acceptors (Lipinski definition) is 2. The minimum Gasteiger partial charge on any atom is -0.437 e. The molecule has 0 unspecified atom stereocenters. The summed E-state index contributed by atoms with van der Waals surface area (Å²) in [5, 5.41) is 0. The highest BCUT2D eigenvalue weighted by Gasteiger charge is 2.24. The Morgan fingerprint density at radius 3 is 2.64 bits per heavy atom. The fraction of sp³-hybridized carbons (Fsp3) is 0.625. The molecule has 0 N–H and O–H groups in total. The van der Waals surface area contributed by atoms with Crippen molar-refractivity contribution in [2.45, 2.75) is 32.1 Å². The molecule has 0 aromatic carbocycles. The highest BCUT2D eigenvalue weighted by molar-refractivity contribution is 14.1. The van der Waals surface area contributed by atoms with Gasteiger partial charge in [0.15, 0.2) is 0 Å². The van der Waals surface area contributed by atoms with E-state index in [0.717, 1.165) is 9.66 Å². The third-order valence-electron chi connectivity index (χ3n) is 2.30. The van der Waals surface area contributed by atoms with Crippen molar-refractivity contribution in [3.8, 4) is 0 Å². The van der Waals surface area contributed by atoms with Crippen molar-refractivity contribution < 1.29 is 4.42 Å². The van der Waals surface area contributed by atoms with Crippen LogP contribution in [0.5, 0.6) is 0 Å². The summed E-state index contributed by atoms with van der Waals surface area (Å²) in [6.45, 7) is 2.00. The van der Waals surface area contributed by atoms with Gasteiger partial charge in [-0.2, -0.15) is 0 Å². The first-order valence-electron chi connectivity index (χ1n) is 3.90. The molecule has 0 atom stereocenters. The van der Waals surface area contributed by atoms with Crippen LogP contribution in [0.1, 0.15) is 36.6 Å². The Hall–Kier alpha value is -0.0600. The van der Waals surface area contributed by atoms with Crippen molar-refractivity contribution in [3.63, 3.8) is 0 Å². The zero-order chi connectivity index (χ0) is 7.84. The molecule has 60 valence electrons. The molecule has 3 heteroatoms. The van der Waals surface area contributed by atoms with Crippen molar-refractivity contribution in [2.24, 2.45) is 0 Å². The smallest absolute Gasteiger partial charge is 0.257 e. The molecule has 0 spiro atoms. The maximum Gasteiger partial charge on any atom is 0.257 e. The maximum absolute atomic E-state index is 5.35. The molecule has 1 saturated carbocycles. The minimum absolute atomic E-state index is 0.697. The molecule has 1 aliphatic rings. The lowest BCUT2D eigenvalue weighted by atomic mass is 9.82. The van der Waals surface area contributed by atoms with E-state index in [1.54, 1.807) is 0 Å². The molecule has 0 aliphatic heterocycles. The monoisotopic (exact) mass is 263 g/mol. The lowest BCUT2D eigenvalue weighted by Crippen LogP contribution is -2.10. The van der Waals surface area contributed by atoms with E-state index in [9.17, 15) is 0 Å². The second-order valence-electron chi connectivity index (χ2n) is 3.04. The van der Waals surface area contributed by atoms with E-state index in [2.05, 4.69) is 27.6 Å². The highest BCUT2D eigenvalue weighted by Crippen LogP contribution is 2.37. The molecule has 0 saturated heterocycles. The number of aryl methyl sites for hydroxylation is 1. The molecule has 1 fully saturated rings. The summed E-state index contributed by atoms with van der Waals surface area (Å²) in [6.07, 6.45) is 3.94. The largest absolute Gasteiger partial charge is 0.437 e. The molecule has 0 bridgehead atoms. The van der Waals surface area contributed by atoms with Crippen molar-refractivity contribution in [3.05, 3.63) is 15.4 Å². The van der Waals surface area contributed by atoms with Crippen LogP contribution in [0.2, 0.25) is 0 Å². The first-order valence-corrected chi connectivity index (χ1v) is 4.98. The summed E-state index contributed by atoms with van der Waals surface area (Å²) < 4.78 is 6.13. The fourth-order valence-electron chi connectivity index (χ4n) is 1.44. The standard InChI is InChI=1S/C8H10INO/c1-5-7(6-3-2-4-6)10-8(9)11-5/h6H,2-4H2,1H3. The van der Waals surface area contributed by atoms with Gasteiger partial charge < -0.3 is 4.42 Å². The van der Waals surface area contributed by atoms with Gasteiger partial charge in [0, 0.05) is 28.5 Å². The lowest BCUT2D eigenvalue weighted by Gasteiger charge is -2.23. The lowest BCUT2D eigenvalue weighted by molar-refractivity contribution is 0.405. The molecule has 2 nitrogen and oxygen atoms in total. The molecule has 2 rings (SSSR count). The molecule has 1 aliphatic carbocycles. The van der Waals surface area contributed by atoms with E-state index in [-0.39, 0.29) is 0 Å². The summed E-state index contributed by atoms with van der Waals surface area (Å²) >= 11 is 2.12. The maximum atomic E-state index is 5.35. The van der Waals surface area contributed by atoms with Crippen LogP contribution in [0.3, 0.4) is 0 Å². The molecular formula is C8H10INO. The normalized spacial score (nSPS) is 18.4. The molecular weight excluding hydrogens is 253 g/mol. The highest BCUT2D eigenvalue weighted by atomic mass is 127. The number of hydrogen-bond donors (Lipinski definition) is 0. The number of nitrogens with zero attached hydrogens (tertiary/aromatic N) is 1. The summed E-state index contributed by atoms with van der Waals surface area (Å²) in [6, 6.07) is 0. The van der Waals surface area contributed by atoms with Gasteiger partial charge in [-0.3, -0.25) is 0 Å². The summed E-state index contributed by atoms with van der Waals surface area (Å²) in [4.78, 5) is 4.35. The van der Waals surface area contributed by atoms with Gasteiger partial charge in [-0.1, -0.05) is 6.42 Å². The zero-order valence-corrected chi connectivity index (χ0v) is 8.59. The van der Waals surface area contributed by atoms with Crippen LogP contribution in [0, 0.1) is 10.8 Å². The minimum atomic E-state index is 0.697. The Morgan fingerprint density at radius 2 is 2.27 bits per heavy atom. The predicted octanol–water partition coefficient (Wildman–Crippen LogP) is 2.86. The van der Waals surface area contributed by atoms with Gasteiger partial charge in [-0.25, -0.2) is 4.98 Å². The van der Waals surface area contributed by atoms with Crippen LogP contribution < -0.4 is 0 Å². The second kappa shape index (κ2) is 2.77. The third-order valence-corrected chi connectivity index (χ3v) is 2.76. The van der Waals surface area contributed by atoms with Gasteiger partial charge in [0.05, 0.1) is 5.69 Å². The fourth-order valence-corrected chi connectivity index (χ4v) is 2.03. The molecule has 0 amide bonds. The van der Waals surface area contributed by atoms with E-state index in [4.69, 9.17) is 4.42 Å². The molecule has 1 aromatic heterocycles. The van der Waals surface area contributed by atoms with Crippen LogP contribution in [-0.2, 0) is 0 Å². The average Bonchev–Trinajstić information content (AvgIpc) is 2.07. The van der Waals surface area contributed by atoms with E-state index in [0.29, 0.717) is 5.92 Å². The van der Waals surface area contributed by atoms with Gasteiger partial charge in [0.25, 0.3) is 3.90 Å². The van der Waals surface area contributed by atoms with Crippen molar-refractivity contribution in [2.75, 3.05) is 0 Å². The number of oxazole rings is 1. The first-order chi connectivity index (χ1) is 5.27. The van der Waals surface area contributed by atoms with E-state index in [1.165, 1.54) is 25.0 Å². The molecule has 0 radical (unpaired) electrons. The van der Waals surface area contributed by atoms with Crippen molar-refractivity contribution in [1.29, 1.82) is 0 Å². The SMILES string of the molecule is Cc1oc(I)nc1C1CCC1. The number of aromatic nitrogens is 1. The predicted molar refractivity (Wildman–Crippen MR) is 50.5 cm³/mol. The van der Waals surface area contributed by atoms with Gasteiger partial charge in [0.1, 0.15) is 5.76 Å². The van der Waals surface area contributed by atoms with Gasteiger partial charge in [-0.15, -0.1) is 0 Å². The van der Waals surface area contributed by atoms with E-state index < -0.39 is 0 Å². The van der Waals surface area contributed by atoms with Crippen molar-refractivity contribution in [1.82, 2.24) is 4.98 Å². The summed E-state index contributed by atoms with van der Waals surface area (Å²) in [7, 11) is 0. The topological polar surface area (TPSA) is 26.0 Å². The van der Waals surface area contributed by atoms with Gasteiger partial charge in [0.2, 0.25) is 0 Å². The third kappa shape index (κ3) is 1.30. The number of halogens is 1. The zero-order valence-electron chi connectivity index (χ0n) is 6.43. The van der Waals surface area contributed by atoms with Crippen LogP contribution in [0.4, 0.5) is 0 Å². The van der Waals surface area contributed by atoms with Gasteiger partial charge in [-0.05, 0) is 19.8 Å². The van der Waals surface area contributed by atoms with Crippen molar-refractivity contribution >= 4 is 22.6 Å². The second-order valence-corrected chi connectivity index (χ2v) is 3.96. The Labute approximate surface area is 79.5 Å². The first kappa shape index (κ1) is 7.58. The van der Waals surface area contributed by atoms with Crippen LogP contribution in [0.15, 0.2) is 4.42 Å². The molecule has 1 heterocycles. The Balaban J connectivity index is 2.28. The van der Waals surface area contributed by atoms with Crippen LogP contribution in [-0.4, -0.2) is 4.98 Å². The van der Waals surface area contributed by atoms with Crippen LogP contribution in [0.25, 0.3) is 0 Å². The molecule has 11 heavy (non-hydrogen) atoms. The summed E-state index contributed by atoms with van der Waals surface area (Å²) in [5.41, 5.74) is 1.20. The van der Waals surface area contributed by atoms with Gasteiger partial charge >= 0.3 is 0 Å². The quantitative estimate of drug-likeness (QED) is 0.728. The number of rotatable bonds is 1. The average molecular weight is 263 g/mol. The van der Waals surface area contributed by atoms with E-state index in [1.807, 2.05) is 6.92 Å². The Bertz CT molecular complexity index is 265. The van der Waals surface area contributed by atoms with E-state index >= 15 is 0 Å². The molecule has 1 aromatic rings. The van der Waals surface area contributed by atoms with Crippen LogP contribution >= 0.6 is 22.6 Å².